The monoisotopic (exact) mass is 156 g/mol. The maximum atomic E-state index is 10.8. The van der Waals surface area contributed by atoms with E-state index in [4.69, 9.17) is 4.84 Å². The summed E-state index contributed by atoms with van der Waals surface area (Å²) >= 11 is 0. The highest BCUT2D eigenvalue weighted by Crippen LogP contribution is 2.37. The quantitative estimate of drug-likeness (QED) is 0.535. The number of rotatable bonds is 0. The molecule has 1 aliphatic carbocycles. The summed E-state index contributed by atoms with van der Waals surface area (Å²) in [4.78, 5) is 16.8. The molecule has 2 fully saturated rings. The molecule has 0 aromatic heterocycles. The topological polar surface area (TPSA) is 29.3 Å². The van der Waals surface area contributed by atoms with Crippen molar-refractivity contribution < 1.29 is 9.76 Å². The van der Waals surface area contributed by atoms with Gasteiger partial charge >= 0.3 is 0 Å². The molecular weight excluding hydrogens is 142 g/mol. The minimum Gasteiger partial charge on any atom is -0.225 e. The summed E-state index contributed by atoms with van der Waals surface area (Å²) in [6, 6.07) is 0. The van der Waals surface area contributed by atoms with Gasteiger partial charge in [-0.15, -0.1) is 0 Å². The molecule has 2 aliphatic rings. The number of nitrogens with zero attached hydrogens (tertiary/aromatic N) is 1. The third kappa shape index (κ3) is 1.24. The Bertz CT molecular complexity index is 173. The standard InChI is InChI=1S/C8H14NO2/c10-9-7-6-8(11-9)4-2-1-3-5-8/h1-7H2/q+1. The van der Waals surface area contributed by atoms with E-state index in [-0.39, 0.29) is 5.60 Å². The van der Waals surface area contributed by atoms with Gasteiger partial charge in [0, 0.05) is 0 Å². The van der Waals surface area contributed by atoms with Crippen LogP contribution in [0.25, 0.3) is 0 Å². The molecule has 0 atom stereocenters. The van der Waals surface area contributed by atoms with Gasteiger partial charge in [-0.05, 0) is 25.7 Å². The Balaban J connectivity index is 2.03. The third-order valence-corrected chi connectivity index (χ3v) is 2.81. The van der Waals surface area contributed by atoms with Gasteiger partial charge in [0.2, 0.25) is 4.92 Å². The first-order valence-electron chi connectivity index (χ1n) is 4.45. The van der Waals surface area contributed by atoms with Gasteiger partial charge in [-0.2, -0.15) is 0 Å². The summed E-state index contributed by atoms with van der Waals surface area (Å²) in [7, 11) is 0. The van der Waals surface area contributed by atoms with E-state index >= 15 is 0 Å². The van der Waals surface area contributed by atoms with Gasteiger partial charge in [-0.25, -0.2) is 4.84 Å². The smallest absolute Gasteiger partial charge is 0.225 e. The summed E-state index contributed by atoms with van der Waals surface area (Å²) in [6.45, 7) is 0.569. The van der Waals surface area contributed by atoms with Crippen molar-refractivity contribution in [1.82, 2.24) is 0 Å². The van der Waals surface area contributed by atoms with Crippen LogP contribution in [0.4, 0.5) is 0 Å². The van der Waals surface area contributed by atoms with Crippen molar-refractivity contribution in [2.45, 2.75) is 44.1 Å². The SMILES string of the molecule is O=[N+]1CCC2(CCCCC2)O1. The van der Waals surface area contributed by atoms with Gasteiger partial charge < -0.3 is 0 Å². The Morgan fingerprint density at radius 2 is 1.82 bits per heavy atom. The van der Waals surface area contributed by atoms with Crippen LogP contribution in [0, 0.1) is 4.91 Å². The van der Waals surface area contributed by atoms with Crippen LogP contribution in [0.3, 0.4) is 0 Å². The average molecular weight is 156 g/mol. The predicted molar refractivity (Wildman–Crippen MR) is 40.0 cm³/mol. The van der Waals surface area contributed by atoms with Crippen molar-refractivity contribution in [2.75, 3.05) is 6.54 Å². The Morgan fingerprint density at radius 3 is 2.36 bits per heavy atom. The molecule has 3 heteroatoms. The van der Waals surface area contributed by atoms with Gasteiger partial charge in [0.15, 0.2) is 5.60 Å². The van der Waals surface area contributed by atoms with Gasteiger partial charge in [0.1, 0.15) is 0 Å². The second-order valence-electron chi connectivity index (χ2n) is 3.64. The van der Waals surface area contributed by atoms with Crippen LogP contribution in [0.2, 0.25) is 0 Å². The lowest BCUT2D eigenvalue weighted by Crippen LogP contribution is -2.30. The lowest BCUT2D eigenvalue weighted by Gasteiger charge is -2.25. The predicted octanol–water partition coefficient (Wildman–Crippen LogP) is 1.80. The van der Waals surface area contributed by atoms with Crippen molar-refractivity contribution in [2.24, 2.45) is 0 Å². The molecule has 0 unspecified atom stereocenters. The summed E-state index contributed by atoms with van der Waals surface area (Å²) in [6.07, 6.45) is 6.89. The normalized spacial score (nSPS) is 28.9. The Morgan fingerprint density at radius 1 is 1.09 bits per heavy atom. The fourth-order valence-corrected chi connectivity index (χ4v) is 2.14. The van der Waals surface area contributed by atoms with Crippen LogP contribution in [0.5, 0.6) is 0 Å². The zero-order chi connectivity index (χ0) is 7.73. The molecule has 62 valence electrons. The van der Waals surface area contributed by atoms with Crippen LogP contribution in [-0.4, -0.2) is 17.1 Å². The van der Waals surface area contributed by atoms with E-state index in [9.17, 15) is 4.91 Å². The molecular formula is C8H14NO2+. The maximum absolute atomic E-state index is 10.8. The van der Waals surface area contributed by atoms with Crippen molar-refractivity contribution in [1.29, 1.82) is 0 Å². The van der Waals surface area contributed by atoms with Crippen LogP contribution in [0.15, 0.2) is 0 Å². The molecule has 1 saturated heterocycles. The second-order valence-corrected chi connectivity index (χ2v) is 3.64. The Kier molecular flexibility index (Phi) is 1.59. The zero-order valence-corrected chi connectivity index (χ0v) is 6.71. The average Bonchev–Trinajstić information content (AvgIpc) is 2.34. The molecule has 0 N–H and O–H groups in total. The fraction of sp³-hybridized carbons (Fsp3) is 1.00. The molecule has 3 nitrogen and oxygen atoms in total. The molecule has 0 aromatic carbocycles. The van der Waals surface area contributed by atoms with Crippen LogP contribution >= 0.6 is 0 Å². The first-order chi connectivity index (χ1) is 5.31. The van der Waals surface area contributed by atoms with Gasteiger partial charge in [0.05, 0.1) is 11.3 Å². The minimum absolute atomic E-state index is 0.0417. The zero-order valence-electron chi connectivity index (χ0n) is 6.71. The molecule has 0 aromatic rings. The van der Waals surface area contributed by atoms with E-state index in [1.165, 1.54) is 19.3 Å². The molecule has 0 amide bonds. The highest BCUT2D eigenvalue weighted by Gasteiger charge is 2.47. The lowest BCUT2D eigenvalue weighted by molar-refractivity contribution is -0.796. The molecule has 11 heavy (non-hydrogen) atoms. The van der Waals surface area contributed by atoms with Gasteiger partial charge in [-0.1, -0.05) is 6.42 Å². The summed E-state index contributed by atoms with van der Waals surface area (Å²) in [5.41, 5.74) is -0.0417. The summed E-state index contributed by atoms with van der Waals surface area (Å²) in [5.74, 6) is 0. The number of hydrogen-bond acceptors (Lipinski definition) is 2. The van der Waals surface area contributed by atoms with Crippen molar-refractivity contribution in [3.05, 3.63) is 4.91 Å². The largest absolute Gasteiger partial charge is 0.252 e. The maximum Gasteiger partial charge on any atom is 0.252 e. The Labute approximate surface area is 66.3 Å². The van der Waals surface area contributed by atoms with Crippen molar-refractivity contribution in [3.8, 4) is 0 Å². The Hall–Kier alpha value is -0.600. The molecule has 1 saturated carbocycles. The van der Waals surface area contributed by atoms with Crippen LogP contribution in [-0.2, 0) is 4.84 Å². The molecule has 1 aliphatic heterocycles. The molecule has 2 rings (SSSR count). The molecule has 1 heterocycles. The summed E-state index contributed by atoms with van der Waals surface area (Å²) < 4.78 is 0. The van der Waals surface area contributed by atoms with Crippen LogP contribution < -0.4 is 0 Å². The third-order valence-electron chi connectivity index (χ3n) is 2.81. The van der Waals surface area contributed by atoms with E-state index in [2.05, 4.69) is 0 Å². The van der Waals surface area contributed by atoms with E-state index in [1.54, 1.807) is 0 Å². The minimum atomic E-state index is -0.0417. The molecule has 1 spiro atoms. The van der Waals surface area contributed by atoms with E-state index in [0.29, 0.717) is 6.54 Å². The highest BCUT2D eigenvalue weighted by molar-refractivity contribution is 4.84. The fourth-order valence-electron chi connectivity index (χ4n) is 2.14. The number of hydrogen-bond donors (Lipinski definition) is 0. The first kappa shape index (κ1) is 7.07. The first-order valence-corrected chi connectivity index (χ1v) is 4.45. The van der Waals surface area contributed by atoms with Gasteiger partial charge in [-0.3, -0.25) is 0 Å². The van der Waals surface area contributed by atoms with E-state index in [1.807, 2.05) is 0 Å². The van der Waals surface area contributed by atoms with Crippen molar-refractivity contribution in [3.63, 3.8) is 0 Å². The van der Waals surface area contributed by atoms with Gasteiger partial charge in [0.25, 0.3) is 6.54 Å². The highest BCUT2D eigenvalue weighted by atomic mass is 16.8. The lowest BCUT2D eigenvalue weighted by atomic mass is 9.83. The molecule has 0 bridgehead atoms. The van der Waals surface area contributed by atoms with Crippen molar-refractivity contribution >= 4 is 0 Å². The summed E-state index contributed by atoms with van der Waals surface area (Å²) in [5, 5.41) is 0. The van der Waals surface area contributed by atoms with Crippen LogP contribution in [0.1, 0.15) is 38.5 Å². The second kappa shape index (κ2) is 2.47. The van der Waals surface area contributed by atoms with E-state index in [0.717, 1.165) is 24.2 Å². The van der Waals surface area contributed by atoms with E-state index < -0.39 is 0 Å². The molecule has 0 radical (unpaired) electrons.